The van der Waals surface area contributed by atoms with Crippen molar-refractivity contribution in [2.75, 3.05) is 26.6 Å². The van der Waals surface area contributed by atoms with E-state index in [-0.39, 0.29) is 16.6 Å². The minimum absolute atomic E-state index is 0.0561. The normalized spacial score (nSPS) is 16.3. The van der Waals surface area contributed by atoms with Gasteiger partial charge in [-0.2, -0.15) is 0 Å². The Hall–Kier alpha value is -2.59. The van der Waals surface area contributed by atoms with Gasteiger partial charge in [0.05, 0.1) is 22.0 Å². The van der Waals surface area contributed by atoms with Crippen LogP contribution in [0.3, 0.4) is 0 Å². The Morgan fingerprint density at radius 2 is 1.79 bits per heavy atom. The largest absolute Gasteiger partial charge is 0.326 e. The second-order valence-corrected chi connectivity index (χ2v) is 10.6. The van der Waals surface area contributed by atoms with E-state index in [0.717, 1.165) is 6.42 Å². The van der Waals surface area contributed by atoms with Gasteiger partial charge in [-0.25, -0.2) is 16.8 Å². The third-order valence-corrected chi connectivity index (χ3v) is 7.93. The van der Waals surface area contributed by atoms with Crippen molar-refractivity contribution in [1.29, 1.82) is 0 Å². The van der Waals surface area contributed by atoms with Crippen LogP contribution in [-0.2, 0) is 24.8 Å². The van der Waals surface area contributed by atoms with Gasteiger partial charge in [0.2, 0.25) is 15.9 Å². The van der Waals surface area contributed by atoms with Gasteiger partial charge >= 0.3 is 0 Å². The first-order valence-corrected chi connectivity index (χ1v) is 12.2. The van der Waals surface area contributed by atoms with Crippen LogP contribution in [0.5, 0.6) is 0 Å². The lowest BCUT2D eigenvalue weighted by Crippen LogP contribution is -2.37. The molecule has 8 nitrogen and oxygen atoms in total. The van der Waals surface area contributed by atoms with Crippen molar-refractivity contribution in [2.24, 2.45) is 0 Å². The molecule has 0 radical (unpaired) electrons. The smallest absolute Gasteiger partial charge is 0.262 e. The summed E-state index contributed by atoms with van der Waals surface area (Å²) in [6.45, 7) is 3.38. The first-order chi connectivity index (χ1) is 13.6. The molecule has 10 heteroatoms. The number of carbonyl (C=O) groups excluding carboxylic acids is 1. The fourth-order valence-corrected chi connectivity index (χ4v) is 6.15. The molecule has 2 N–H and O–H groups in total. The fourth-order valence-electron chi connectivity index (χ4n) is 3.24. The second kappa shape index (κ2) is 8.03. The number of benzene rings is 2. The minimum atomic E-state index is -3.90. The Kier molecular flexibility index (Phi) is 5.85. The van der Waals surface area contributed by atoms with Crippen molar-refractivity contribution in [3.05, 3.63) is 48.0 Å². The number of carbonyl (C=O) groups is 1. The lowest BCUT2D eigenvalue weighted by Gasteiger charge is -2.28. The first kappa shape index (κ1) is 21.1. The van der Waals surface area contributed by atoms with E-state index in [1.807, 2.05) is 0 Å². The summed E-state index contributed by atoms with van der Waals surface area (Å²) < 4.78 is 54.1. The van der Waals surface area contributed by atoms with E-state index >= 15 is 0 Å². The van der Waals surface area contributed by atoms with Crippen LogP contribution >= 0.6 is 0 Å². The monoisotopic (exact) mass is 437 g/mol. The van der Waals surface area contributed by atoms with Crippen LogP contribution in [0.2, 0.25) is 0 Å². The van der Waals surface area contributed by atoms with Gasteiger partial charge in [-0.3, -0.25) is 13.8 Å². The number of nitrogens with one attached hydrogen (secondary N) is 2. The van der Waals surface area contributed by atoms with Gasteiger partial charge in [-0.1, -0.05) is 6.07 Å². The van der Waals surface area contributed by atoms with Crippen molar-refractivity contribution in [1.82, 2.24) is 0 Å². The van der Waals surface area contributed by atoms with Gasteiger partial charge < -0.3 is 5.32 Å². The number of sulfonamides is 2. The predicted molar refractivity (Wildman–Crippen MR) is 113 cm³/mol. The lowest BCUT2D eigenvalue weighted by molar-refractivity contribution is -0.114. The molecule has 0 atom stereocenters. The Balaban J connectivity index is 1.87. The number of hydrogen-bond acceptors (Lipinski definition) is 5. The van der Waals surface area contributed by atoms with E-state index < -0.39 is 20.0 Å². The number of nitrogens with zero attached hydrogens (tertiary/aromatic N) is 1. The highest BCUT2D eigenvalue weighted by Gasteiger charge is 2.27. The summed E-state index contributed by atoms with van der Waals surface area (Å²) in [5, 5.41) is 2.60. The van der Waals surface area contributed by atoms with E-state index in [9.17, 15) is 21.6 Å². The van der Waals surface area contributed by atoms with Crippen LogP contribution in [-0.4, -0.2) is 35.0 Å². The van der Waals surface area contributed by atoms with Crippen LogP contribution in [0.1, 0.15) is 25.3 Å². The third-order valence-electron chi connectivity index (χ3n) is 4.52. The molecule has 0 spiro atoms. The molecule has 2 aromatic rings. The predicted octanol–water partition coefficient (Wildman–Crippen LogP) is 2.68. The van der Waals surface area contributed by atoms with E-state index in [4.69, 9.17) is 0 Å². The van der Waals surface area contributed by atoms with Crippen molar-refractivity contribution >= 4 is 43.0 Å². The second-order valence-electron chi connectivity index (χ2n) is 6.91. The number of anilines is 3. The summed E-state index contributed by atoms with van der Waals surface area (Å²) in [6.07, 6.45) is 1.40. The quantitative estimate of drug-likeness (QED) is 0.747. The number of amides is 1. The highest BCUT2D eigenvalue weighted by Crippen LogP contribution is 2.28. The van der Waals surface area contributed by atoms with Crippen LogP contribution in [0.25, 0.3) is 0 Å². The maximum absolute atomic E-state index is 12.8. The molecule has 29 heavy (non-hydrogen) atoms. The summed E-state index contributed by atoms with van der Waals surface area (Å²) in [7, 11) is -7.27. The number of aryl methyl sites for hydroxylation is 1. The molecule has 1 saturated heterocycles. The molecule has 0 saturated carbocycles. The van der Waals surface area contributed by atoms with E-state index in [1.54, 1.807) is 31.2 Å². The zero-order valence-corrected chi connectivity index (χ0v) is 17.8. The molecule has 3 rings (SSSR count). The van der Waals surface area contributed by atoms with E-state index in [1.165, 1.54) is 29.4 Å². The Morgan fingerprint density at radius 3 is 2.45 bits per heavy atom. The van der Waals surface area contributed by atoms with Crippen molar-refractivity contribution in [2.45, 2.75) is 31.6 Å². The van der Waals surface area contributed by atoms with Gasteiger partial charge in [0, 0.05) is 19.2 Å². The summed E-state index contributed by atoms with van der Waals surface area (Å²) in [5.41, 5.74) is 1.68. The topological polar surface area (TPSA) is 113 Å². The van der Waals surface area contributed by atoms with Crippen LogP contribution in [0.4, 0.5) is 17.1 Å². The fraction of sp³-hybridized carbons (Fsp3) is 0.316. The summed E-state index contributed by atoms with van der Waals surface area (Å²) in [5.74, 6) is -0.165. The molecule has 0 unspecified atom stereocenters. The van der Waals surface area contributed by atoms with Crippen LogP contribution < -0.4 is 14.3 Å². The number of hydrogen-bond donors (Lipinski definition) is 2. The first-order valence-electron chi connectivity index (χ1n) is 9.10. The van der Waals surface area contributed by atoms with Gasteiger partial charge in [0.1, 0.15) is 0 Å². The maximum Gasteiger partial charge on any atom is 0.262 e. The zero-order chi connectivity index (χ0) is 21.2. The lowest BCUT2D eigenvalue weighted by atomic mass is 10.2. The minimum Gasteiger partial charge on any atom is -0.326 e. The molecular weight excluding hydrogens is 414 g/mol. The zero-order valence-electron chi connectivity index (χ0n) is 16.2. The van der Waals surface area contributed by atoms with Gasteiger partial charge in [0.15, 0.2) is 0 Å². The van der Waals surface area contributed by atoms with E-state index in [2.05, 4.69) is 10.0 Å². The summed E-state index contributed by atoms with van der Waals surface area (Å²) in [6, 6.07) is 10.9. The molecule has 1 heterocycles. The SMILES string of the molecule is CC(=O)Nc1cccc(NS(=O)(=O)c2ccc(N3CCCCS3(=O)=O)cc2C)c1. The number of rotatable bonds is 5. The highest BCUT2D eigenvalue weighted by atomic mass is 32.2. The Bertz CT molecular complexity index is 1140. The average Bonchev–Trinajstić information content (AvgIpc) is 2.60. The standard InChI is InChI=1S/C19H23N3O5S2/c1-14-12-18(22-10-3-4-11-28(22,24)25)8-9-19(14)29(26,27)21-17-7-5-6-16(13-17)20-15(2)23/h5-9,12-13,21H,3-4,10-11H2,1-2H3,(H,20,23). The van der Waals surface area contributed by atoms with Crippen molar-refractivity contribution in [3.63, 3.8) is 0 Å². The van der Waals surface area contributed by atoms with Crippen molar-refractivity contribution < 1.29 is 21.6 Å². The summed E-state index contributed by atoms with van der Waals surface area (Å²) >= 11 is 0. The van der Waals surface area contributed by atoms with Gasteiger partial charge in [-0.15, -0.1) is 0 Å². The molecule has 0 aromatic heterocycles. The molecule has 1 aliphatic heterocycles. The Morgan fingerprint density at radius 1 is 1.07 bits per heavy atom. The third kappa shape index (κ3) is 4.88. The van der Waals surface area contributed by atoms with Gasteiger partial charge in [-0.05, 0) is 61.7 Å². The molecule has 0 aliphatic carbocycles. The molecule has 2 aromatic carbocycles. The molecule has 1 fully saturated rings. The van der Waals surface area contributed by atoms with Gasteiger partial charge in [0.25, 0.3) is 10.0 Å². The average molecular weight is 438 g/mol. The van der Waals surface area contributed by atoms with Crippen LogP contribution in [0, 0.1) is 6.92 Å². The maximum atomic E-state index is 12.8. The molecule has 1 aliphatic rings. The molecule has 156 valence electrons. The highest BCUT2D eigenvalue weighted by molar-refractivity contribution is 7.93. The molecular formula is C19H23N3O5S2. The molecule has 1 amide bonds. The Labute approximate surface area is 171 Å². The van der Waals surface area contributed by atoms with Crippen LogP contribution in [0.15, 0.2) is 47.4 Å². The van der Waals surface area contributed by atoms with E-state index in [0.29, 0.717) is 35.6 Å². The summed E-state index contributed by atoms with van der Waals surface area (Å²) in [4.78, 5) is 11.2. The molecule has 0 bridgehead atoms. The van der Waals surface area contributed by atoms with Crippen molar-refractivity contribution in [3.8, 4) is 0 Å².